The molecule has 0 unspecified atom stereocenters. The number of carbonyl (C=O) groups excluding carboxylic acids is 1. The minimum absolute atomic E-state index is 0.241. The van der Waals surface area contributed by atoms with E-state index in [0.717, 1.165) is 49.0 Å². The van der Waals surface area contributed by atoms with Crippen LogP contribution in [0.25, 0.3) is 28.0 Å². The molecule has 4 aromatic rings. The fourth-order valence-electron chi connectivity index (χ4n) is 4.76. The molecule has 2 aromatic carbocycles. The lowest BCUT2D eigenvalue weighted by molar-refractivity contribution is 0.0977. The number of nitrogens with zero attached hydrogens (tertiary/aromatic N) is 2. The summed E-state index contributed by atoms with van der Waals surface area (Å²) >= 11 is 0. The number of Topliss-reactive ketones (excluding diaryl/α,β-unsaturated/α-hetero) is 1. The minimum Gasteiger partial charge on any atom is -0.325 e. The maximum absolute atomic E-state index is 13.3. The van der Waals surface area contributed by atoms with E-state index < -0.39 is 0 Å². The summed E-state index contributed by atoms with van der Waals surface area (Å²) < 4.78 is 4.64. The summed E-state index contributed by atoms with van der Waals surface area (Å²) in [5, 5.41) is 0. The standard InChI is InChI=1S/C26H26N2O/c1-2-11-23(29)25-24(20-14-7-4-8-15-20)21-16-9-10-17-27-22(18-28(25)26(21)27)19-12-5-3-6-13-19/h3-8,12-15,18H,2,9-11,16-17H2,1H3. The molecule has 5 rings (SSSR count). The zero-order valence-electron chi connectivity index (χ0n) is 16.9. The predicted molar refractivity (Wildman–Crippen MR) is 118 cm³/mol. The number of hydrogen-bond donors (Lipinski definition) is 0. The van der Waals surface area contributed by atoms with Crippen LogP contribution in [0.3, 0.4) is 0 Å². The second kappa shape index (κ2) is 7.40. The number of rotatable bonds is 5. The summed E-state index contributed by atoms with van der Waals surface area (Å²) in [4.78, 5) is 13.3. The van der Waals surface area contributed by atoms with Crippen molar-refractivity contribution in [3.05, 3.63) is 78.1 Å². The van der Waals surface area contributed by atoms with Gasteiger partial charge in [0.15, 0.2) is 5.78 Å². The lowest BCUT2D eigenvalue weighted by atomic mass is 9.96. The van der Waals surface area contributed by atoms with Crippen LogP contribution in [-0.4, -0.2) is 14.8 Å². The molecule has 3 nitrogen and oxygen atoms in total. The summed E-state index contributed by atoms with van der Waals surface area (Å²) in [5.74, 6) is 0.241. The first-order chi connectivity index (χ1) is 14.3. The van der Waals surface area contributed by atoms with Gasteiger partial charge in [-0.3, -0.25) is 9.20 Å². The molecular formula is C26H26N2O. The van der Waals surface area contributed by atoms with Crippen LogP contribution in [0.1, 0.15) is 48.7 Å². The Morgan fingerprint density at radius 2 is 1.62 bits per heavy atom. The molecule has 0 fully saturated rings. The third-order valence-corrected chi connectivity index (χ3v) is 6.01. The van der Waals surface area contributed by atoms with Crippen LogP contribution in [-0.2, 0) is 13.0 Å². The molecule has 0 atom stereocenters. The van der Waals surface area contributed by atoms with Gasteiger partial charge in [0, 0.05) is 30.3 Å². The largest absolute Gasteiger partial charge is 0.325 e. The number of aryl methyl sites for hydroxylation is 2. The van der Waals surface area contributed by atoms with Crippen molar-refractivity contribution in [2.24, 2.45) is 0 Å². The van der Waals surface area contributed by atoms with Gasteiger partial charge in [0.2, 0.25) is 0 Å². The molecule has 1 aliphatic heterocycles. The summed E-state index contributed by atoms with van der Waals surface area (Å²) in [6, 6.07) is 21.0. The molecule has 0 radical (unpaired) electrons. The quantitative estimate of drug-likeness (QED) is 0.367. The van der Waals surface area contributed by atoms with Crippen LogP contribution < -0.4 is 0 Å². The first-order valence-corrected chi connectivity index (χ1v) is 10.7. The highest BCUT2D eigenvalue weighted by molar-refractivity contribution is 6.04. The van der Waals surface area contributed by atoms with Gasteiger partial charge >= 0.3 is 0 Å². The van der Waals surface area contributed by atoms with Gasteiger partial charge in [-0.05, 0) is 36.8 Å². The number of carbonyl (C=O) groups is 1. The van der Waals surface area contributed by atoms with Gasteiger partial charge in [-0.2, -0.15) is 0 Å². The summed E-state index contributed by atoms with van der Waals surface area (Å²) in [6.45, 7) is 3.07. The lowest BCUT2D eigenvalue weighted by Gasteiger charge is -2.09. The summed E-state index contributed by atoms with van der Waals surface area (Å²) in [6.07, 6.45) is 6.96. The Morgan fingerprint density at radius 1 is 0.931 bits per heavy atom. The maximum Gasteiger partial charge on any atom is 0.180 e. The van der Waals surface area contributed by atoms with Gasteiger partial charge in [0.05, 0.1) is 11.4 Å². The fraction of sp³-hybridized carbons (Fsp3) is 0.269. The van der Waals surface area contributed by atoms with E-state index in [4.69, 9.17) is 0 Å². The van der Waals surface area contributed by atoms with Crippen LogP contribution in [0.4, 0.5) is 0 Å². The van der Waals surface area contributed by atoms with Crippen molar-refractivity contribution in [2.75, 3.05) is 0 Å². The molecule has 0 aliphatic carbocycles. The van der Waals surface area contributed by atoms with Gasteiger partial charge < -0.3 is 4.57 Å². The van der Waals surface area contributed by atoms with E-state index in [2.05, 4.69) is 76.7 Å². The Labute approximate surface area is 171 Å². The SMILES string of the molecule is CCCC(=O)c1c(-c2ccccc2)c2c3n(c(-c4ccccc4)cn13)CCCC2. The molecule has 0 amide bonds. The van der Waals surface area contributed by atoms with E-state index in [9.17, 15) is 4.79 Å². The zero-order chi connectivity index (χ0) is 19.8. The molecule has 0 saturated carbocycles. The molecule has 3 heterocycles. The van der Waals surface area contributed by atoms with Crippen molar-refractivity contribution in [1.82, 2.24) is 8.97 Å². The third kappa shape index (κ3) is 2.93. The number of aromatic nitrogens is 2. The van der Waals surface area contributed by atoms with E-state index >= 15 is 0 Å². The van der Waals surface area contributed by atoms with E-state index in [1.54, 1.807) is 0 Å². The Balaban J connectivity index is 1.86. The fourth-order valence-corrected chi connectivity index (χ4v) is 4.76. The van der Waals surface area contributed by atoms with E-state index in [1.807, 2.05) is 6.07 Å². The second-order valence-electron chi connectivity index (χ2n) is 7.92. The van der Waals surface area contributed by atoms with Gasteiger partial charge in [0.1, 0.15) is 5.65 Å². The van der Waals surface area contributed by atoms with Crippen molar-refractivity contribution in [3.8, 4) is 22.4 Å². The molecule has 2 aromatic heterocycles. The Bertz CT molecular complexity index is 1170. The monoisotopic (exact) mass is 382 g/mol. The zero-order valence-corrected chi connectivity index (χ0v) is 16.9. The molecule has 1 aliphatic rings. The minimum atomic E-state index is 0.241. The van der Waals surface area contributed by atoms with Crippen molar-refractivity contribution in [2.45, 2.75) is 45.6 Å². The molecule has 29 heavy (non-hydrogen) atoms. The van der Waals surface area contributed by atoms with Crippen LogP contribution in [0.5, 0.6) is 0 Å². The number of hydrogen-bond acceptors (Lipinski definition) is 1. The Kier molecular flexibility index (Phi) is 4.59. The second-order valence-corrected chi connectivity index (χ2v) is 7.92. The number of benzene rings is 2. The first kappa shape index (κ1) is 18.0. The first-order valence-electron chi connectivity index (χ1n) is 10.7. The van der Waals surface area contributed by atoms with Crippen LogP contribution in [0.2, 0.25) is 0 Å². The molecule has 146 valence electrons. The van der Waals surface area contributed by atoms with Crippen molar-refractivity contribution < 1.29 is 4.79 Å². The molecule has 0 bridgehead atoms. The highest BCUT2D eigenvalue weighted by Crippen LogP contribution is 2.39. The highest BCUT2D eigenvalue weighted by Gasteiger charge is 2.28. The summed E-state index contributed by atoms with van der Waals surface area (Å²) in [7, 11) is 0. The van der Waals surface area contributed by atoms with Gasteiger partial charge in [0.25, 0.3) is 0 Å². The molecule has 3 heteroatoms. The topological polar surface area (TPSA) is 26.4 Å². The van der Waals surface area contributed by atoms with E-state index in [1.165, 1.54) is 22.5 Å². The van der Waals surface area contributed by atoms with E-state index in [0.29, 0.717) is 6.42 Å². The third-order valence-electron chi connectivity index (χ3n) is 6.01. The highest BCUT2D eigenvalue weighted by atomic mass is 16.1. The van der Waals surface area contributed by atoms with Crippen molar-refractivity contribution in [3.63, 3.8) is 0 Å². The lowest BCUT2D eigenvalue weighted by Crippen LogP contribution is -2.04. The van der Waals surface area contributed by atoms with Gasteiger partial charge in [-0.25, -0.2) is 0 Å². The Hall–Kier alpha value is -3.07. The molecule has 0 spiro atoms. The van der Waals surface area contributed by atoms with Crippen LogP contribution in [0.15, 0.2) is 66.9 Å². The maximum atomic E-state index is 13.3. The smallest absolute Gasteiger partial charge is 0.180 e. The van der Waals surface area contributed by atoms with Gasteiger partial charge in [-0.15, -0.1) is 0 Å². The van der Waals surface area contributed by atoms with Gasteiger partial charge in [-0.1, -0.05) is 67.6 Å². The predicted octanol–water partition coefficient (Wildman–Crippen LogP) is 6.39. The number of imidazole rings is 1. The molecule has 0 N–H and O–H groups in total. The van der Waals surface area contributed by atoms with Crippen molar-refractivity contribution in [1.29, 1.82) is 0 Å². The van der Waals surface area contributed by atoms with Crippen LogP contribution >= 0.6 is 0 Å². The average Bonchev–Trinajstić information content (AvgIpc) is 3.18. The van der Waals surface area contributed by atoms with E-state index in [-0.39, 0.29) is 5.78 Å². The Morgan fingerprint density at radius 3 is 2.31 bits per heavy atom. The molecule has 0 saturated heterocycles. The average molecular weight is 383 g/mol. The van der Waals surface area contributed by atoms with Crippen LogP contribution in [0, 0.1) is 0 Å². The summed E-state index contributed by atoms with van der Waals surface area (Å²) in [5.41, 5.74) is 8.11. The number of ketones is 1. The molecular weight excluding hydrogens is 356 g/mol. The van der Waals surface area contributed by atoms with Crippen molar-refractivity contribution >= 4 is 11.4 Å². The normalized spacial score (nSPS) is 13.6.